The van der Waals surface area contributed by atoms with Gasteiger partial charge in [0, 0.05) is 16.8 Å². The number of fused-ring (bicyclic) bond motifs is 1. The van der Waals surface area contributed by atoms with E-state index in [4.69, 9.17) is 5.73 Å². The van der Waals surface area contributed by atoms with Gasteiger partial charge in [0.05, 0.1) is 10.8 Å². The fourth-order valence-electron chi connectivity index (χ4n) is 1.41. The van der Waals surface area contributed by atoms with Crippen molar-refractivity contribution < 1.29 is 4.57 Å². The molecule has 14 heavy (non-hydrogen) atoms. The van der Waals surface area contributed by atoms with E-state index in [2.05, 4.69) is 4.98 Å². The molecule has 0 atom stereocenters. The van der Waals surface area contributed by atoms with Crippen molar-refractivity contribution in [2.24, 2.45) is 0 Å². The zero-order chi connectivity index (χ0) is 10.1. The lowest BCUT2D eigenvalue weighted by atomic mass is 10.2. The van der Waals surface area contributed by atoms with Crippen molar-refractivity contribution in [3.8, 4) is 0 Å². The number of aryl methyl sites for hydroxylation is 1. The summed E-state index contributed by atoms with van der Waals surface area (Å²) in [6.45, 7) is 1.92. The number of nitrogens with zero attached hydrogens (tertiary/aromatic N) is 1. The normalized spacial score (nSPS) is 10.9. The lowest BCUT2D eigenvalue weighted by Crippen LogP contribution is -2.04. The standard InChI is InChI=1S/C10H9N2OP/c1-6-2-3-7-9(12-6)5-4-8(11)10(7)14-13/h2-5H,11H2,1H3. The highest BCUT2D eigenvalue weighted by atomic mass is 31.1. The molecule has 1 heterocycles. The SMILES string of the molecule is Cc1ccc2c(P=O)c(N)ccc2n1. The zero-order valence-corrected chi connectivity index (χ0v) is 8.58. The maximum atomic E-state index is 10.9. The van der Waals surface area contributed by atoms with E-state index in [0.717, 1.165) is 16.6 Å². The Hall–Kier alpha value is -1.47. The van der Waals surface area contributed by atoms with E-state index in [0.29, 0.717) is 11.0 Å². The van der Waals surface area contributed by atoms with E-state index < -0.39 is 0 Å². The summed E-state index contributed by atoms with van der Waals surface area (Å²) in [6.07, 6.45) is 0. The number of nitrogens with two attached hydrogens (primary N) is 1. The zero-order valence-electron chi connectivity index (χ0n) is 7.69. The van der Waals surface area contributed by atoms with Crippen LogP contribution in [0, 0.1) is 6.92 Å². The lowest BCUT2D eigenvalue weighted by Gasteiger charge is -2.03. The second kappa shape index (κ2) is 3.35. The number of anilines is 1. The van der Waals surface area contributed by atoms with Crippen molar-refractivity contribution in [3.05, 3.63) is 30.0 Å². The topological polar surface area (TPSA) is 56.0 Å². The minimum Gasteiger partial charge on any atom is -0.398 e. The van der Waals surface area contributed by atoms with Crippen LogP contribution in [0.1, 0.15) is 5.69 Å². The predicted octanol–water partition coefficient (Wildman–Crippen LogP) is 2.04. The molecule has 0 unspecified atom stereocenters. The molecule has 0 aliphatic rings. The van der Waals surface area contributed by atoms with Gasteiger partial charge in [-0.2, -0.15) is 0 Å². The second-order valence-corrected chi connectivity index (χ2v) is 3.74. The third kappa shape index (κ3) is 1.36. The molecule has 0 aliphatic carbocycles. The summed E-state index contributed by atoms with van der Waals surface area (Å²) in [6, 6.07) is 7.35. The van der Waals surface area contributed by atoms with Crippen molar-refractivity contribution in [2.75, 3.05) is 5.73 Å². The van der Waals surface area contributed by atoms with Gasteiger partial charge in [-0.3, -0.25) is 9.55 Å². The molecule has 0 saturated carbocycles. The van der Waals surface area contributed by atoms with Gasteiger partial charge in [-0.25, -0.2) is 0 Å². The molecule has 1 aromatic carbocycles. The molecule has 0 amide bonds. The Morgan fingerprint density at radius 1 is 1.29 bits per heavy atom. The van der Waals surface area contributed by atoms with E-state index in [9.17, 15) is 4.57 Å². The van der Waals surface area contributed by atoms with E-state index in [1.165, 1.54) is 0 Å². The molecule has 2 aromatic rings. The lowest BCUT2D eigenvalue weighted by molar-refractivity contribution is 0.603. The highest BCUT2D eigenvalue weighted by Crippen LogP contribution is 2.18. The monoisotopic (exact) mass is 204 g/mol. The van der Waals surface area contributed by atoms with Crippen LogP contribution in [0.4, 0.5) is 5.69 Å². The largest absolute Gasteiger partial charge is 0.398 e. The highest BCUT2D eigenvalue weighted by Gasteiger charge is 2.05. The highest BCUT2D eigenvalue weighted by molar-refractivity contribution is 7.35. The molecule has 0 radical (unpaired) electrons. The van der Waals surface area contributed by atoms with Crippen LogP contribution in [0.15, 0.2) is 24.3 Å². The van der Waals surface area contributed by atoms with Crippen molar-refractivity contribution in [2.45, 2.75) is 6.92 Å². The quantitative estimate of drug-likeness (QED) is 0.571. The minimum atomic E-state index is -0.0599. The van der Waals surface area contributed by atoms with Gasteiger partial charge < -0.3 is 5.73 Å². The fourth-order valence-corrected chi connectivity index (χ4v) is 1.88. The average Bonchev–Trinajstić information content (AvgIpc) is 2.18. The van der Waals surface area contributed by atoms with E-state index in [-0.39, 0.29) is 8.46 Å². The number of nitrogen functional groups attached to an aromatic ring is 1. The summed E-state index contributed by atoms with van der Waals surface area (Å²) < 4.78 is 10.9. The van der Waals surface area contributed by atoms with Crippen LogP contribution in [0.25, 0.3) is 10.9 Å². The summed E-state index contributed by atoms with van der Waals surface area (Å²) in [7, 11) is -0.0599. The molecule has 2 N–H and O–H groups in total. The average molecular weight is 204 g/mol. The van der Waals surface area contributed by atoms with Gasteiger partial charge in [0.25, 0.3) is 0 Å². The molecule has 0 bridgehead atoms. The number of hydrogen-bond donors (Lipinski definition) is 1. The predicted molar refractivity (Wildman–Crippen MR) is 58.1 cm³/mol. The summed E-state index contributed by atoms with van der Waals surface area (Å²) in [5, 5.41) is 1.47. The Labute approximate surface area is 83.2 Å². The molecular formula is C10H9N2OP. The Morgan fingerprint density at radius 2 is 2.07 bits per heavy atom. The number of benzene rings is 1. The van der Waals surface area contributed by atoms with Crippen molar-refractivity contribution >= 4 is 30.4 Å². The van der Waals surface area contributed by atoms with Crippen LogP contribution in [0.3, 0.4) is 0 Å². The Kier molecular flexibility index (Phi) is 2.18. The van der Waals surface area contributed by atoms with E-state index in [1.807, 2.05) is 25.1 Å². The molecule has 70 valence electrons. The number of aromatic nitrogens is 1. The van der Waals surface area contributed by atoms with Crippen LogP contribution < -0.4 is 11.0 Å². The van der Waals surface area contributed by atoms with Crippen LogP contribution in [-0.4, -0.2) is 4.98 Å². The van der Waals surface area contributed by atoms with Gasteiger partial charge in [-0.1, -0.05) is 0 Å². The molecule has 1 aromatic heterocycles. The number of rotatable bonds is 1. The molecule has 3 nitrogen and oxygen atoms in total. The second-order valence-electron chi connectivity index (χ2n) is 3.11. The summed E-state index contributed by atoms with van der Waals surface area (Å²) in [5.41, 5.74) is 8.01. The first-order valence-corrected chi connectivity index (χ1v) is 5.03. The van der Waals surface area contributed by atoms with Crippen molar-refractivity contribution in [1.29, 1.82) is 0 Å². The van der Waals surface area contributed by atoms with Crippen molar-refractivity contribution in [1.82, 2.24) is 4.98 Å². The molecule has 4 heteroatoms. The fraction of sp³-hybridized carbons (Fsp3) is 0.100. The summed E-state index contributed by atoms with van der Waals surface area (Å²) in [4.78, 5) is 4.33. The van der Waals surface area contributed by atoms with Gasteiger partial charge in [-0.15, -0.1) is 0 Å². The van der Waals surface area contributed by atoms with Gasteiger partial charge in [-0.05, 0) is 31.2 Å². The molecule has 2 rings (SSSR count). The maximum absolute atomic E-state index is 10.9. The summed E-state index contributed by atoms with van der Waals surface area (Å²) in [5.74, 6) is 0. The first-order chi connectivity index (χ1) is 6.72. The maximum Gasteiger partial charge on any atom is 0.195 e. The third-order valence-corrected chi connectivity index (χ3v) is 2.79. The summed E-state index contributed by atoms with van der Waals surface area (Å²) >= 11 is 0. The van der Waals surface area contributed by atoms with Gasteiger partial charge in [0.15, 0.2) is 8.46 Å². The van der Waals surface area contributed by atoms with E-state index >= 15 is 0 Å². The van der Waals surface area contributed by atoms with E-state index in [1.54, 1.807) is 6.07 Å². The number of pyridine rings is 1. The van der Waals surface area contributed by atoms with Crippen LogP contribution >= 0.6 is 8.46 Å². The molecule has 0 aliphatic heterocycles. The Bertz CT molecular complexity index is 511. The molecule has 0 saturated heterocycles. The van der Waals surface area contributed by atoms with Crippen molar-refractivity contribution in [3.63, 3.8) is 0 Å². The van der Waals surface area contributed by atoms with Gasteiger partial charge in [0.2, 0.25) is 0 Å². The Morgan fingerprint density at radius 3 is 2.79 bits per heavy atom. The third-order valence-electron chi connectivity index (χ3n) is 2.10. The van der Waals surface area contributed by atoms with Gasteiger partial charge >= 0.3 is 0 Å². The van der Waals surface area contributed by atoms with Crippen LogP contribution in [0.2, 0.25) is 0 Å². The van der Waals surface area contributed by atoms with Gasteiger partial charge in [0.1, 0.15) is 0 Å². The molecular weight excluding hydrogens is 195 g/mol. The number of hydrogen-bond acceptors (Lipinski definition) is 3. The minimum absolute atomic E-state index is 0.0599. The smallest absolute Gasteiger partial charge is 0.195 e. The first-order valence-electron chi connectivity index (χ1n) is 4.21. The molecule has 0 fully saturated rings. The molecule has 0 spiro atoms. The Balaban J connectivity index is 2.88. The first kappa shape index (κ1) is 9.10. The van der Waals surface area contributed by atoms with Crippen LogP contribution in [-0.2, 0) is 4.57 Å². The van der Waals surface area contributed by atoms with Crippen LogP contribution in [0.5, 0.6) is 0 Å².